The average Bonchev–Trinajstić information content (AvgIpc) is 3.37. The fourth-order valence-electron chi connectivity index (χ4n) is 3.95. The van der Waals surface area contributed by atoms with Crippen LogP contribution in [-0.4, -0.2) is 38.6 Å². The molecule has 1 N–H and O–H groups in total. The molecule has 2 aliphatic heterocycles. The third kappa shape index (κ3) is 3.74. The van der Waals surface area contributed by atoms with Gasteiger partial charge < -0.3 is 9.30 Å². The number of halogens is 1. The third-order valence-corrected chi connectivity index (χ3v) is 6.93. The number of amides is 1. The molecule has 2 aromatic carbocycles. The summed E-state index contributed by atoms with van der Waals surface area (Å²) in [5.41, 5.74) is 4.69. The predicted molar refractivity (Wildman–Crippen MR) is 137 cm³/mol. The summed E-state index contributed by atoms with van der Waals surface area (Å²) in [4.78, 5) is 17.1. The number of carbonyl (C=O) groups is 1. The van der Waals surface area contributed by atoms with Crippen molar-refractivity contribution in [1.29, 1.82) is 5.41 Å². The highest BCUT2D eigenvalue weighted by atomic mass is 35.5. The Balaban J connectivity index is 1.50. The topological polar surface area (TPSA) is 83.0 Å². The van der Waals surface area contributed by atoms with Crippen LogP contribution in [0.25, 0.3) is 11.8 Å². The van der Waals surface area contributed by atoms with Gasteiger partial charge in [0.15, 0.2) is 5.84 Å². The Labute approximate surface area is 205 Å². The molecular weight excluding hydrogens is 470 g/mol. The molecule has 0 atom stereocenters. The number of amidine groups is 2. The van der Waals surface area contributed by atoms with Crippen molar-refractivity contribution in [2.24, 2.45) is 10.1 Å². The number of hydrogen-bond donors (Lipinski definition) is 1. The zero-order valence-electron chi connectivity index (χ0n) is 18.7. The van der Waals surface area contributed by atoms with E-state index in [9.17, 15) is 4.79 Å². The lowest BCUT2D eigenvalue weighted by Gasteiger charge is -2.20. The van der Waals surface area contributed by atoms with Gasteiger partial charge in [-0.1, -0.05) is 29.8 Å². The average molecular weight is 490 g/mol. The Hall–Kier alpha value is -3.62. The summed E-state index contributed by atoms with van der Waals surface area (Å²) in [7, 11) is 1.63. The lowest BCUT2D eigenvalue weighted by molar-refractivity contribution is -0.114. The highest BCUT2D eigenvalue weighted by Crippen LogP contribution is 2.33. The monoisotopic (exact) mass is 489 g/mol. The molecule has 7 nitrogen and oxygen atoms in total. The Bertz CT molecular complexity index is 1440. The Kier molecular flexibility index (Phi) is 5.63. The zero-order chi connectivity index (χ0) is 24.0. The number of rotatable bonds is 4. The van der Waals surface area contributed by atoms with E-state index in [2.05, 4.69) is 14.7 Å². The Morgan fingerprint density at radius 1 is 1.12 bits per heavy atom. The second kappa shape index (κ2) is 8.62. The van der Waals surface area contributed by atoms with Crippen LogP contribution in [0.15, 0.2) is 70.3 Å². The minimum atomic E-state index is -0.464. The molecule has 0 unspecified atom stereocenters. The standard InChI is InChI=1S/C25H20ClN5O2S/c1-14-12-16(15(2)30(14)17-8-10-18(33-3)11-9-17)13-20-22(27)31-25(28-23(20)32)34-24(29-31)19-6-4-5-7-21(19)26/h4-13,27H,1-3H3/b20-13+,27-22?. The second-order valence-electron chi connectivity index (χ2n) is 7.76. The molecule has 3 aromatic rings. The lowest BCUT2D eigenvalue weighted by atomic mass is 10.1. The fraction of sp³-hybridized carbons (Fsp3) is 0.120. The summed E-state index contributed by atoms with van der Waals surface area (Å²) in [5, 5.41) is 16.1. The van der Waals surface area contributed by atoms with Crippen LogP contribution in [0, 0.1) is 19.3 Å². The van der Waals surface area contributed by atoms with E-state index in [1.54, 1.807) is 19.3 Å². The highest BCUT2D eigenvalue weighted by Gasteiger charge is 2.36. The maximum absolute atomic E-state index is 12.9. The van der Waals surface area contributed by atoms with E-state index in [1.807, 2.05) is 62.4 Å². The van der Waals surface area contributed by atoms with Gasteiger partial charge in [-0.05, 0) is 73.6 Å². The number of fused-ring (bicyclic) bond motifs is 1. The van der Waals surface area contributed by atoms with Gasteiger partial charge >= 0.3 is 0 Å². The minimum absolute atomic E-state index is 0.0150. The van der Waals surface area contributed by atoms with Crippen molar-refractivity contribution >= 4 is 51.4 Å². The molecule has 34 heavy (non-hydrogen) atoms. The first-order valence-corrected chi connectivity index (χ1v) is 11.7. The van der Waals surface area contributed by atoms with Gasteiger partial charge in [-0.25, -0.2) is 0 Å². The van der Waals surface area contributed by atoms with Crippen molar-refractivity contribution in [1.82, 2.24) is 9.58 Å². The van der Waals surface area contributed by atoms with Gasteiger partial charge in [0.2, 0.25) is 5.17 Å². The number of methoxy groups -OCH3 is 1. The highest BCUT2D eigenvalue weighted by molar-refractivity contribution is 8.27. The largest absolute Gasteiger partial charge is 0.497 e. The molecule has 0 spiro atoms. The molecule has 170 valence electrons. The molecule has 2 aliphatic rings. The number of carbonyl (C=O) groups excluding carboxylic acids is 1. The number of ether oxygens (including phenoxy) is 1. The molecule has 0 saturated heterocycles. The first kappa shape index (κ1) is 22.2. The Morgan fingerprint density at radius 3 is 2.56 bits per heavy atom. The summed E-state index contributed by atoms with van der Waals surface area (Å²) in [6, 6.07) is 17.1. The molecule has 1 aromatic heterocycles. The van der Waals surface area contributed by atoms with Crippen molar-refractivity contribution in [2.45, 2.75) is 13.8 Å². The van der Waals surface area contributed by atoms with Gasteiger partial charge in [0.05, 0.1) is 17.7 Å². The van der Waals surface area contributed by atoms with E-state index >= 15 is 0 Å². The molecule has 0 bridgehead atoms. The number of nitrogens with zero attached hydrogens (tertiary/aromatic N) is 4. The van der Waals surface area contributed by atoms with Gasteiger partial charge in [-0.15, -0.1) is 0 Å². The van der Waals surface area contributed by atoms with Crippen molar-refractivity contribution in [2.75, 3.05) is 7.11 Å². The first-order valence-electron chi connectivity index (χ1n) is 10.5. The van der Waals surface area contributed by atoms with Gasteiger partial charge in [0.25, 0.3) is 5.91 Å². The van der Waals surface area contributed by atoms with Crippen molar-refractivity contribution < 1.29 is 9.53 Å². The number of aryl methyl sites for hydroxylation is 1. The van der Waals surface area contributed by atoms with Crippen LogP contribution in [0.3, 0.4) is 0 Å². The molecule has 0 fully saturated rings. The van der Waals surface area contributed by atoms with Gasteiger partial charge in [-0.3, -0.25) is 10.2 Å². The number of hydrogen-bond acceptors (Lipinski definition) is 5. The zero-order valence-corrected chi connectivity index (χ0v) is 20.2. The summed E-state index contributed by atoms with van der Waals surface area (Å²) in [6.45, 7) is 3.98. The van der Waals surface area contributed by atoms with Gasteiger partial charge in [0.1, 0.15) is 10.8 Å². The number of aromatic nitrogens is 1. The molecule has 0 aliphatic carbocycles. The van der Waals surface area contributed by atoms with E-state index in [-0.39, 0.29) is 11.4 Å². The lowest BCUT2D eigenvalue weighted by Crippen LogP contribution is -2.35. The number of aliphatic imine (C=N–C) groups is 1. The van der Waals surface area contributed by atoms with Gasteiger partial charge in [0, 0.05) is 22.6 Å². The summed E-state index contributed by atoms with van der Waals surface area (Å²) in [6.07, 6.45) is 1.71. The third-order valence-electron chi connectivity index (χ3n) is 5.66. The van der Waals surface area contributed by atoms with E-state index in [1.165, 1.54) is 16.8 Å². The smallest absolute Gasteiger partial charge is 0.283 e. The molecule has 0 radical (unpaired) electrons. The number of hydrazone groups is 1. The molecule has 9 heteroatoms. The maximum Gasteiger partial charge on any atom is 0.283 e. The van der Waals surface area contributed by atoms with Crippen LogP contribution in [0.1, 0.15) is 22.5 Å². The first-order chi connectivity index (χ1) is 16.4. The van der Waals surface area contributed by atoms with E-state index in [4.69, 9.17) is 21.7 Å². The molecular formula is C25H20ClN5O2S. The number of thioether (sulfide) groups is 1. The SMILES string of the molecule is COc1ccc(-n2c(C)cc(/C=C3\C(=N)N4N=C(c5ccccc5Cl)SC4=NC3=O)c2C)cc1. The summed E-state index contributed by atoms with van der Waals surface area (Å²) >= 11 is 7.54. The molecule has 1 amide bonds. The van der Waals surface area contributed by atoms with E-state index < -0.39 is 5.91 Å². The summed E-state index contributed by atoms with van der Waals surface area (Å²) in [5.74, 6) is 0.302. The molecule has 0 saturated carbocycles. The quantitative estimate of drug-likeness (QED) is 0.496. The van der Waals surface area contributed by atoms with Crippen LogP contribution >= 0.6 is 23.4 Å². The van der Waals surface area contributed by atoms with Crippen molar-refractivity contribution in [3.63, 3.8) is 0 Å². The second-order valence-corrected chi connectivity index (χ2v) is 9.13. The van der Waals surface area contributed by atoms with Crippen LogP contribution in [-0.2, 0) is 4.79 Å². The number of benzene rings is 2. The van der Waals surface area contributed by atoms with Crippen LogP contribution in [0.5, 0.6) is 5.75 Å². The predicted octanol–water partition coefficient (Wildman–Crippen LogP) is 5.42. The van der Waals surface area contributed by atoms with Crippen LogP contribution in [0.2, 0.25) is 5.02 Å². The normalized spacial score (nSPS) is 16.6. The van der Waals surface area contributed by atoms with Crippen LogP contribution < -0.4 is 4.74 Å². The van der Waals surface area contributed by atoms with Gasteiger partial charge in [-0.2, -0.15) is 15.1 Å². The summed E-state index contributed by atoms with van der Waals surface area (Å²) < 4.78 is 7.35. The van der Waals surface area contributed by atoms with Crippen molar-refractivity contribution in [3.8, 4) is 11.4 Å². The maximum atomic E-state index is 12.9. The van der Waals surface area contributed by atoms with E-state index in [0.29, 0.717) is 15.2 Å². The van der Waals surface area contributed by atoms with Crippen LogP contribution in [0.4, 0.5) is 0 Å². The molecule has 3 heterocycles. The van der Waals surface area contributed by atoms with Crippen molar-refractivity contribution in [3.05, 3.63) is 87.7 Å². The number of nitrogens with one attached hydrogen (secondary N) is 1. The fourth-order valence-corrected chi connectivity index (χ4v) is 5.17. The minimum Gasteiger partial charge on any atom is -0.497 e. The Morgan fingerprint density at radius 2 is 1.85 bits per heavy atom. The molecule has 5 rings (SSSR count). The van der Waals surface area contributed by atoms with E-state index in [0.717, 1.165) is 34.0 Å².